The summed E-state index contributed by atoms with van der Waals surface area (Å²) >= 11 is 0. The number of nitrogens with one attached hydrogen (secondary N) is 1. The number of benzene rings is 2. The molecule has 4 rings (SSSR count). The molecule has 0 aliphatic carbocycles. The van der Waals surface area contributed by atoms with Gasteiger partial charge in [0.2, 0.25) is 0 Å². The normalized spacial score (nSPS) is 11.0. The van der Waals surface area contributed by atoms with Crippen LogP contribution in [0.5, 0.6) is 5.75 Å². The Morgan fingerprint density at radius 1 is 1.14 bits per heavy atom. The first-order valence-electron chi connectivity index (χ1n) is 8.21. The van der Waals surface area contributed by atoms with E-state index in [2.05, 4.69) is 20.6 Å². The molecule has 0 aliphatic rings. The number of aromatic amines is 1. The molecule has 10 heteroatoms. The third-order valence-electron chi connectivity index (χ3n) is 4.21. The number of halogens is 2. The van der Waals surface area contributed by atoms with Crippen molar-refractivity contribution in [3.63, 3.8) is 0 Å². The van der Waals surface area contributed by atoms with Gasteiger partial charge >= 0.3 is 5.69 Å². The molecule has 0 atom stereocenters. The van der Waals surface area contributed by atoms with E-state index in [0.717, 1.165) is 38.7 Å². The quantitative estimate of drug-likeness (QED) is 0.569. The van der Waals surface area contributed by atoms with Gasteiger partial charge in [0.15, 0.2) is 0 Å². The Labute approximate surface area is 157 Å². The van der Waals surface area contributed by atoms with Crippen molar-refractivity contribution >= 4 is 0 Å². The zero-order valence-corrected chi connectivity index (χ0v) is 14.6. The molecule has 2 heterocycles. The molecule has 2 aromatic heterocycles. The van der Waals surface area contributed by atoms with Crippen LogP contribution in [-0.2, 0) is 6.54 Å². The van der Waals surface area contributed by atoms with E-state index in [0.29, 0.717) is 11.4 Å². The minimum Gasteiger partial charge on any atom is -0.496 e. The molecule has 28 heavy (non-hydrogen) atoms. The van der Waals surface area contributed by atoms with Crippen molar-refractivity contribution < 1.29 is 13.5 Å². The van der Waals surface area contributed by atoms with Crippen molar-refractivity contribution in [3.8, 4) is 22.6 Å². The van der Waals surface area contributed by atoms with Gasteiger partial charge in [-0.3, -0.25) is 5.10 Å². The largest absolute Gasteiger partial charge is 0.496 e. The molecule has 0 saturated heterocycles. The molecular formula is C18H14F2N6O2. The third-order valence-corrected chi connectivity index (χ3v) is 4.21. The van der Waals surface area contributed by atoms with Gasteiger partial charge in [0.05, 0.1) is 25.5 Å². The first-order chi connectivity index (χ1) is 13.6. The molecule has 4 aromatic rings. The van der Waals surface area contributed by atoms with Crippen LogP contribution >= 0.6 is 0 Å². The van der Waals surface area contributed by atoms with Gasteiger partial charge in [0, 0.05) is 29.0 Å². The summed E-state index contributed by atoms with van der Waals surface area (Å²) in [6.45, 7) is -0.243. The van der Waals surface area contributed by atoms with Gasteiger partial charge in [0.25, 0.3) is 0 Å². The maximum Gasteiger partial charge on any atom is 0.368 e. The second-order valence-corrected chi connectivity index (χ2v) is 5.94. The van der Waals surface area contributed by atoms with Crippen LogP contribution in [0.25, 0.3) is 16.8 Å². The predicted octanol–water partition coefficient (Wildman–Crippen LogP) is 2.15. The number of tetrazole rings is 1. The summed E-state index contributed by atoms with van der Waals surface area (Å²) in [5.74, 6) is -0.720. The average molecular weight is 384 g/mol. The molecule has 0 fully saturated rings. The van der Waals surface area contributed by atoms with Gasteiger partial charge in [-0.25, -0.2) is 13.6 Å². The number of methoxy groups -OCH3 is 1. The van der Waals surface area contributed by atoms with Crippen LogP contribution in [0.3, 0.4) is 0 Å². The summed E-state index contributed by atoms with van der Waals surface area (Å²) in [4.78, 5) is 12.6. The minimum absolute atomic E-state index is 0.00189. The van der Waals surface area contributed by atoms with Crippen LogP contribution in [0.15, 0.2) is 53.6 Å². The number of ether oxygens (including phenoxy) is 1. The van der Waals surface area contributed by atoms with E-state index in [1.165, 1.54) is 7.11 Å². The van der Waals surface area contributed by atoms with Gasteiger partial charge in [-0.15, -0.1) is 0 Å². The fraction of sp³-hybridized carbons (Fsp3) is 0.111. The maximum atomic E-state index is 13.8. The molecule has 0 bridgehead atoms. The van der Waals surface area contributed by atoms with Gasteiger partial charge in [0.1, 0.15) is 17.4 Å². The Morgan fingerprint density at radius 2 is 2.00 bits per heavy atom. The van der Waals surface area contributed by atoms with Crippen molar-refractivity contribution in [2.75, 3.05) is 7.11 Å². The lowest BCUT2D eigenvalue weighted by molar-refractivity contribution is 0.416. The summed E-state index contributed by atoms with van der Waals surface area (Å²) in [7, 11) is 1.51. The molecular weight excluding hydrogens is 370 g/mol. The zero-order chi connectivity index (χ0) is 19.7. The smallest absolute Gasteiger partial charge is 0.368 e. The lowest BCUT2D eigenvalue weighted by Gasteiger charge is -2.08. The Hall–Kier alpha value is -3.82. The first-order valence-corrected chi connectivity index (χ1v) is 8.21. The molecule has 0 amide bonds. The molecule has 0 unspecified atom stereocenters. The molecule has 8 nitrogen and oxygen atoms in total. The van der Waals surface area contributed by atoms with Crippen molar-refractivity contribution in [1.29, 1.82) is 0 Å². The van der Waals surface area contributed by atoms with E-state index >= 15 is 0 Å². The molecule has 0 radical (unpaired) electrons. The summed E-state index contributed by atoms with van der Waals surface area (Å²) in [6, 6.07) is 8.09. The highest BCUT2D eigenvalue weighted by atomic mass is 19.1. The van der Waals surface area contributed by atoms with E-state index in [1.807, 2.05) is 0 Å². The second-order valence-electron chi connectivity index (χ2n) is 5.94. The first kappa shape index (κ1) is 17.6. The number of nitrogens with zero attached hydrogens (tertiary/aromatic N) is 5. The Kier molecular flexibility index (Phi) is 4.44. The summed E-state index contributed by atoms with van der Waals surface area (Å²) in [6.07, 6.45) is 3.36. The molecule has 142 valence electrons. The Bertz CT molecular complexity index is 1180. The summed E-state index contributed by atoms with van der Waals surface area (Å²) in [5.41, 5.74) is 1.42. The number of H-pyrrole nitrogens is 1. The van der Waals surface area contributed by atoms with Crippen LogP contribution in [0, 0.1) is 11.6 Å². The van der Waals surface area contributed by atoms with Crippen molar-refractivity contribution in [1.82, 2.24) is 30.0 Å². The van der Waals surface area contributed by atoms with Crippen LogP contribution in [0.1, 0.15) is 5.56 Å². The topological polar surface area (TPSA) is 90.6 Å². The second kappa shape index (κ2) is 7.06. The monoisotopic (exact) mass is 384 g/mol. The predicted molar refractivity (Wildman–Crippen MR) is 95.2 cm³/mol. The van der Waals surface area contributed by atoms with E-state index in [9.17, 15) is 13.6 Å². The highest BCUT2D eigenvalue weighted by molar-refractivity contribution is 5.70. The average Bonchev–Trinajstić information content (AvgIpc) is 3.35. The van der Waals surface area contributed by atoms with Gasteiger partial charge in [-0.1, -0.05) is 0 Å². The van der Waals surface area contributed by atoms with Crippen LogP contribution in [0.4, 0.5) is 8.78 Å². The standard InChI is InChI=1S/C18H14F2N6O2/c1-28-17-7-14(3-4-15(17)12-8-21-22-9-12)26-18(27)25(23-24-26)10-11-6-13(19)2-5-16(11)20/h2-9H,10H2,1H3,(H,21,22). The lowest BCUT2D eigenvalue weighted by Crippen LogP contribution is -2.25. The number of rotatable bonds is 5. The Morgan fingerprint density at radius 3 is 2.75 bits per heavy atom. The number of hydrogen-bond donors (Lipinski definition) is 1. The fourth-order valence-electron chi connectivity index (χ4n) is 2.81. The summed E-state index contributed by atoms with van der Waals surface area (Å²) < 4.78 is 34.6. The van der Waals surface area contributed by atoms with Crippen molar-refractivity contribution in [2.45, 2.75) is 6.54 Å². The number of hydrogen-bond acceptors (Lipinski definition) is 5. The highest BCUT2D eigenvalue weighted by Crippen LogP contribution is 2.30. The van der Waals surface area contributed by atoms with Gasteiger partial charge in [-0.05, 0) is 40.8 Å². The van der Waals surface area contributed by atoms with E-state index < -0.39 is 17.3 Å². The molecule has 1 N–H and O–H groups in total. The van der Waals surface area contributed by atoms with Crippen LogP contribution in [-0.4, -0.2) is 37.1 Å². The SMILES string of the molecule is COc1cc(-n2nnn(Cc3cc(F)ccc3F)c2=O)ccc1-c1cn[nH]c1. The third kappa shape index (κ3) is 3.15. The molecule has 0 spiro atoms. The Balaban J connectivity index is 1.69. The zero-order valence-electron chi connectivity index (χ0n) is 14.6. The van der Waals surface area contributed by atoms with E-state index in [-0.39, 0.29) is 12.1 Å². The van der Waals surface area contributed by atoms with Gasteiger partial charge < -0.3 is 4.74 Å². The van der Waals surface area contributed by atoms with Crippen molar-refractivity contribution in [3.05, 3.63) is 76.5 Å². The lowest BCUT2D eigenvalue weighted by atomic mass is 10.1. The van der Waals surface area contributed by atoms with E-state index in [1.54, 1.807) is 30.6 Å². The highest BCUT2D eigenvalue weighted by Gasteiger charge is 2.15. The van der Waals surface area contributed by atoms with Gasteiger partial charge in [-0.2, -0.15) is 14.5 Å². The molecule has 0 aliphatic heterocycles. The van der Waals surface area contributed by atoms with Crippen molar-refractivity contribution in [2.24, 2.45) is 0 Å². The van der Waals surface area contributed by atoms with Crippen LogP contribution in [0.2, 0.25) is 0 Å². The fourth-order valence-corrected chi connectivity index (χ4v) is 2.81. The number of aromatic nitrogens is 6. The molecule has 2 aromatic carbocycles. The summed E-state index contributed by atoms with van der Waals surface area (Å²) in [5, 5.41) is 14.2. The maximum absolute atomic E-state index is 13.8. The van der Waals surface area contributed by atoms with Crippen LogP contribution < -0.4 is 10.4 Å². The molecule has 0 saturated carbocycles. The minimum atomic E-state index is -0.631. The van der Waals surface area contributed by atoms with E-state index in [4.69, 9.17) is 4.74 Å².